The fourth-order valence-corrected chi connectivity index (χ4v) is 3.46. The van der Waals surface area contributed by atoms with Crippen molar-refractivity contribution >= 4 is 8.80 Å². The predicted molar refractivity (Wildman–Crippen MR) is 68.0 cm³/mol. The van der Waals surface area contributed by atoms with Gasteiger partial charge in [-0.05, 0) is 27.8 Å². The van der Waals surface area contributed by atoms with E-state index in [1.165, 1.54) is 0 Å². The standard InChI is InChI=1S/C8H21NO3Si.2CH4/c1-5-10-13(8-9-4,11-6-2)12-7-3;;/h9H,5-8H2,1-4H3;2*1H4. The second-order valence-corrected chi connectivity index (χ2v) is 5.10. The first-order valence-electron chi connectivity index (χ1n) is 4.81. The van der Waals surface area contributed by atoms with E-state index in [0.29, 0.717) is 26.0 Å². The summed E-state index contributed by atoms with van der Waals surface area (Å²) in [5.41, 5.74) is 0. The lowest BCUT2D eigenvalue weighted by atomic mass is 10.9. The van der Waals surface area contributed by atoms with Gasteiger partial charge in [0.2, 0.25) is 0 Å². The van der Waals surface area contributed by atoms with E-state index in [-0.39, 0.29) is 14.9 Å². The molecule has 1 N–H and O–H groups in total. The zero-order valence-corrected chi connectivity index (χ0v) is 10.1. The highest BCUT2D eigenvalue weighted by atomic mass is 28.4. The zero-order valence-electron chi connectivity index (χ0n) is 9.05. The molecule has 0 fully saturated rings. The molecular weight excluding hydrogens is 210 g/mol. The quantitative estimate of drug-likeness (QED) is 0.658. The molecule has 0 amide bonds. The minimum atomic E-state index is -2.41. The minimum Gasteiger partial charge on any atom is -0.373 e. The Balaban J connectivity index is -0.000000720. The maximum atomic E-state index is 5.58. The number of hydrogen-bond acceptors (Lipinski definition) is 4. The molecule has 0 aliphatic carbocycles. The van der Waals surface area contributed by atoms with Crippen molar-refractivity contribution in [2.75, 3.05) is 33.0 Å². The highest BCUT2D eigenvalue weighted by Gasteiger charge is 2.39. The molecule has 0 aromatic carbocycles. The Hall–Kier alpha value is 0.0569. The van der Waals surface area contributed by atoms with Crippen LogP contribution in [-0.2, 0) is 13.3 Å². The summed E-state index contributed by atoms with van der Waals surface area (Å²) in [6.07, 6.45) is 0.669. The molecule has 0 spiro atoms. The molecular formula is C10H29NO3Si. The molecule has 15 heavy (non-hydrogen) atoms. The van der Waals surface area contributed by atoms with Crippen LogP contribution in [0.15, 0.2) is 0 Å². The van der Waals surface area contributed by atoms with Crippen LogP contribution in [0.2, 0.25) is 0 Å². The van der Waals surface area contributed by atoms with E-state index in [1.807, 2.05) is 27.8 Å². The Bertz CT molecular complexity index is 95.7. The van der Waals surface area contributed by atoms with E-state index in [4.69, 9.17) is 13.3 Å². The fourth-order valence-electron chi connectivity index (χ4n) is 1.15. The molecule has 0 aromatic heterocycles. The van der Waals surface area contributed by atoms with Crippen LogP contribution in [0.1, 0.15) is 35.6 Å². The molecule has 0 rings (SSSR count). The lowest BCUT2D eigenvalue weighted by Crippen LogP contribution is -2.53. The van der Waals surface area contributed by atoms with Crippen LogP contribution in [0.4, 0.5) is 0 Å². The van der Waals surface area contributed by atoms with Crippen LogP contribution < -0.4 is 5.32 Å². The molecule has 0 atom stereocenters. The van der Waals surface area contributed by atoms with Gasteiger partial charge in [-0.15, -0.1) is 0 Å². The second kappa shape index (κ2) is 12.1. The summed E-state index contributed by atoms with van der Waals surface area (Å²) in [6, 6.07) is 0. The van der Waals surface area contributed by atoms with Gasteiger partial charge in [0.1, 0.15) is 0 Å². The largest absolute Gasteiger partial charge is 0.515 e. The van der Waals surface area contributed by atoms with E-state index in [0.717, 1.165) is 0 Å². The first-order valence-corrected chi connectivity index (χ1v) is 6.74. The Morgan fingerprint density at radius 3 is 1.40 bits per heavy atom. The second-order valence-electron chi connectivity index (χ2n) is 2.51. The predicted octanol–water partition coefficient (Wildman–Crippen LogP) is 2.07. The zero-order chi connectivity index (χ0) is 10.2. The van der Waals surface area contributed by atoms with Crippen molar-refractivity contribution < 1.29 is 13.3 Å². The Morgan fingerprint density at radius 2 is 1.20 bits per heavy atom. The molecule has 96 valence electrons. The summed E-state index contributed by atoms with van der Waals surface area (Å²) < 4.78 is 16.7. The molecule has 4 nitrogen and oxygen atoms in total. The van der Waals surface area contributed by atoms with Crippen molar-refractivity contribution in [3.8, 4) is 0 Å². The van der Waals surface area contributed by atoms with Gasteiger partial charge < -0.3 is 18.6 Å². The summed E-state index contributed by atoms with van der Waals surface area (Å²) in [5, 5.41) is 3.05. The lowest BCUT2D eigenvalue weighted by Gasteiger charge is -2.27. The molecule has 0 aliphatic heterocycles. The van der Waals surface area contributed by atoms with Crippen molar-refractivity contribution in [1.82, 2.24) is 5.32 Å². The molecule has 5 heteroatoms. The molecule has 0 aromatic rings. The van der Waals surface area contributed by atoms with Gasteiger partial charge >= 0.3 is 8.80 Å². The Morgan fingerprint density at radius 1 is 0.867 bits per heavy atom. The molecule has 0 aliphatic rings. The van der Waals surface area contributed by atoms with Gasteiger partial charge in [0.05, 0.1) is 6.17 Å². The summed E-state index contributed by atoms with van der Waals surface area (Å²) in [5.74, 6) is 0. The fraction of sp³-hybridized carbons (Fsp3) is 1.00. The van der Waals surface area contributed by atoms with Gasteiger partial charge in [0.15, 0.2) is 0 Å². The molecule has 0 heterocycles. The number of hydrogen-bond donors (Lipinski definition) is 1. The van der Waals surface area contributed by atoms with Crippen LogP contribution in [-0.4, -0.2) is 41.8 Å². The third kappa shape index (κ3) is 7.93. The molecule has 0 saturated heterocycles. The minimum absolute atomic E-state index is 0. The molecule has 0 radical (unpaired) electrons. The van der Waals surface area contributed by atoms with Crippen molar-refractivity contribution in [1.29, 1.82) is 0 Å². The van der Waals surface area contributed by atoms with Crippen LogP contribution in [0.25, 0.3) is 0 Å². The van der Waals surface area contributed by atoms with Crippen LogP contribution in [0.3, 0.4) is 0 Å². The SMILES string of the molecule is C.C.CCO[Si](CNC)(OCC)OCC. The maximum Gasteiger partial charge on any atom is 0.515 e. The van der Waals surface area contributed by atoms with Gasteiger partial charge in [0, 0.05) is 19.8 Å². The van der Waals surface area contributed by atoms with Gasteiger partial charge in [-0.3, -0.25) is 0 Å². The monoisotopic (exact) mass is 239 g/mol. The van der Waals surface area contributed by atoms with Crippen molar-refractivity contribution in [3.63, 3.8) is 0 Å². The van der Waals surface area contributed by atoms with Crippen molar-refractivity contribution in [2.45, 2.75) is 35.6 Å². The molecule has 0 bridgehead atoms. The summed E-state index contributed by atoms with van der Waals surface area (Å²) in [6.45, 7) is 7.76. The summed E-state index contributed by atoms with van der Waals surface area (Å²) >= 11 is 0. The topological polar surface area (TPSA) is 39.7 Å². The third-order valence-electron chi connectivity index (χ3n) is 1.49. The summed E-state index contributed by atoms with van der Waals surface area (Å²) in [7, 11) is -0.533. The van der Waals surface area contributed by atoms with Crippen LogP contribution in [0, 0.1) is 0 Å². The summed E-state index contributed by atoms with van der Waals surface area (Å²) in [4.78, 5) is 0. The number of nitrogens with one attached hydrogen (secondary N) is 1. The normalized spacial score (nSPS) is 10.4. The van der Waals surface area contributed by atoms with E-state index in [2.05, 4.69) is 5.32 Å². The number of rotatable bonds is 8. The Labute approximate surface area is 96.7 Å². The molecule has 0 unspecified atom stereocenters. The molecule has 0 saturated carbocycles. The smallest absolute Gasteiger partial charge is 0.373 e. The highest BCUT2D eigenvalue weighted by Crippen LogP contribution is 2.08. The maximum absolute atomic E-state index is 5.58. The van der Waals surface area contributed by atoms with Crippen LogP contribution >= 0.6 is 0 Å². The van der Waals surface area contributed by atoms with Crippen LogP contribution in [0.5, 0.6) is 0 Å². The van der Waals surface area contributed by atoms with E-state index >= 15 is 0 Å². The first-order chi connectivity index (χ1) is 6.24. The van der Waals surface area contributed by atoms with E-state index < -0.39 is 8.80 Å². The van der Waals surface area contributed by atoms with E-state index in [1.54, 1.807) is 0 Å². The van der Waals surface area contributed by atoms with Crippen molar-refractivity contribution in [2.24, 2.45) is 0 Å². The average molecular weight is 239 g/mol. The van der Waals surface area contributed by atoms with Gasteiger partial charge in [0.25, 0.3) is 0 Å². The average Bonchev–Trinajstić information content (AvgIpc) is 2.06. The lowest BCUT2D eigenvalue weighted by molar-refractivity contribution is 0.0707. The third-order valence-corrected chi connectivity index (χ3v) is 4.46. The van der Waals surface area contributed by atoms with E-state index in [9.17, 15) is 0 Å². The first kappa shape index (κ1) is 20.5. The van der Waals surface area contributed by atoms with Gasteiger partial charge in [-0.2, -0.15) is 0 Å². The van der Waals surface area contributed by atoms with Crippen molar-refractivity contribution in [3.05, 3.63) is 0 Å². The van der Waals surface area contributed by atoms with Gasteiger partial charge in [-0.1, -0.05) is 14.9 Å². The Kier molecular flexibility index (Phi) is 16.5. The van der Waals surface area contributed by atoms with Gasteiger partial charge in [-0.25, -0.2) is 0 Å². The highest BCUT2D eigenvalue weighted by molar-refractivity contribution is 6.60.